The second-order valence-electron chi connectivity index (χ2n) is 7.39. The fraction of sp³-hybridized carbons (Fsp3) is 0.292. The Bertz CT molecular complexity index is 1040. The Hall–Kier alpha value is -2.86. The molecule has 1 atom stereocenters. The van der Waals surface area contributed by atoms with Crippen LogP contribution in [0.15, 0.2) is 48.5 Å². The van der Waals surface area contributed by atoms with Crippen LogP contribution in [-0.2, 0) is 12.8 Å². The molecule has 1 aliphatic heterocycles. The van der Waals surface area contributed by atoms with Crippen molar-refractivity contribution in [3.63, 3.8) is 0 Å². The van der Waals surface area contributed by atoms with Crippen LogP contribution in [0.25, 0.3) is 0 Å². The third-order valence-corrected chi connectivity index (χ3v) is 6.90. The van der Waals surface area contributed by atoms with Gasteiger partial charge in [0.25, 0.3) is 0 Å². The molecule has 6 heteroatoms. The summed E-state index contributed by atoms with van der Waals surface area (Å²) in [6, 6.07) is 13.4. The van der Waals surface area contributed by atoms with Gasteiger partial charge in [-0.15, -0.1) is 11.3 Å². The maximum atomic E-state index is 13.6. The second-order valence-corrected chi connectivity index (χ2v) is 8.65. The van der Waals surface area contributed by atoms with Gasteiger partial charge in [-0.2, -0.15) is 0 Å². The van der Waals surface area contributed by atoms with Gasteiger partial charge in [-0.25, -0.2) is 9.18 Å². The maximum absolute atomic E-state index is 13.6. The van der Waals surface area contributed by atoms with E-state index >= 15 is 0 Å². The molecule has 4 nitrogen and oxygen atoms in total. The number of halogens is 1. The highest BCUT2D eigenvalue weighted by Crippen LogP contribution is 2.43. The van der Waals surface area contributed by atoms with Crippen LogP contribution in [0.2, 0.25) is 0 Å². The molecule has 156 valence electrons. The number of hydrogen-bond donors (Lipinski definition) is 1. The molecule has 0 saturated heterocycles. The number of amides is 2. The summed E-state index contributed by atoms with van der Waals surface area (Å²) in [6.45, 7) is 4.93. The van der Waals surface area contributed by atoms with Gasteiger partial charge in [0, 0.05) is 22.0 Å². The average Bonchev–Trinajstić information content (AvgIpc) is 3.09. The molecular formula is C24H25FN2O2S. The Balaban J connectivity index is 1.69. The molecule has 0 bridgehead atoms. The number of benzene rings is 2. The lowest BCUT2D eigenvalue weighted by Gasteiger charge is -2.36. The highest BCUT2D eigenvalue weighted by Gasteiger charge is 2.35. The molecule has 4 rings (SSSR count). The van der Waals surface area contributed by atoms with E-state index < -0.39 is 0 Å². The van der Waals surface area contributed by atoms with Crippen LogP contribution in [0.1, 0.15) is 39.4 Å². The molecular weight excluding hydrogens is 399 g/mol. The average molecular weight is 425 g/mol. The minimum atomic E-state index is -0.277. The monoisotopic (exact) mass is 424 g/mol. The molecule has 1 aromatic heterocycles. The number of aryl methyl sites for hydroxylation is 1. The first-order valence-electron chi connectivity index (χ1n) is 10.1. The topological polar surface area (TPSA) is 41.6 Å². The van der Waals surface area contributed by atoms with Gasteiger partial charge in [-0.3, -0.25) is 0 Å². The first-order chi connectivity index (χ1) is 14.5. The Morgan fingerprint density at radius 2 is 1.90 bits per heavy atom. The summed E-state index contributed by atoms with van der Waals surface area (Å²) in [4.78, 5) is 17.6. The Morgan fingerprint density at radius 1 is 1.20 bits per heavy atom. The van der Waals surface area contributed by atoms with Crippen LogP contribution < -0.4 is 10.1 Å². The summed E-state index contributed by atoms with van der Waals surface area (Å²) in [5.74, 6) is 0.460. The normalized spacial score (nSPS) is 15.6. The molecule has 0 radical (unpaired) electrons. The molecule has 2 amide bonds. The largest absolute Gasteiger partial charge is 0.497 e. The van der Waals surface area contributed by atoms with Gasteiger partial charge in [0.15, 0.2) is 0 Å². The number of hydrogen-bond acceptors (Lipinski definition) is 3. The van der Waals surface area contributed by atoms with E-state index in [0.717, 1.165) is 24.2 Å². The van der Waals surface area contributed by atoms with E-state index in [2.05, 4.69) is 19.2 Å². The Labute approximate surface area is 180 Å². The van der Waals surface area contributed by atoms with Gasteiger partial charge in [0.1, 0.15) is 11.6 Å². The minimum Gasteiger partial charge on any atom is -0.497 e. The highest BCUT2D eigenvalue weighted by atomic mass is 32.1. The van der Waals surface area contributed by atoms with Gasteiger partial charge in [0.2, 0.25) is 0 Å². The van der Waals surface area contributed by atoms with E-state index in [4.69, 9.17) is 4.74 Å². The molecule has 0 unspecified atom stereocenters. The van der Waals surface area contributed by atoms with E-state index in [1.54, 1.807) is 30.6 Å². The van der Waals surface area contributed by atoms with Gasteiger partial charge >= 0.3 is 6.03 Å². The van der Waals surface area contributed by atoms with E-state index in [0.29, 0.717) is 12.2 Å². The summed E-state index contributed by atoms with van der Waals surface area (Å²) in [6.07, 6.45) is 1.81. The summed E-state index contributed by atoms with van der Waals surface area (Å²) >= 11 is 1.75. The fourth-order valence-electron chi connectivity index (χ4n) is 4.17. The number of carbonyl (C=O) groups is 1. The molecule has 3 aromatic rings. The highest BCUT2D eigenvalue weighted by molar-refractivity contribution is 7.12. The second kappa shape index (κ2) is 8.48. The van der Waals surface area contributed by atoms with Crippen molar-refractivity contribution in [1.82, 2.24) is 4.90 Å². The van der Waals surface area contributed by atoms with Gasteiger partial charge in [-0.1, -0.05) is 19.1 Å². The number of urea groups is 1. The number of rotatable bonds is 4. The molecule has 0 aliphatic carbocycles. The standard InChI is InChI=1S/C24H25FN2O2S/c1-4-20-15(2)30-23-21(20)13-14-27(22(23)16-5-7-17(25)8-6-16)24(28)26-18-9-11-19(29-3)12-10-18/h5-12,22H,4,13-14H2,1-3H3,(H,26,28)/t22-/m0/s1. The minimum absolute atomic E-state index is 0.163. The van der Waals surface area contributed by atoms with Crippen molar-refractivity contribution in [2.75, 3.05) is 19.0 Å². The third kappa shape index (κ3) is 3.79. The van der Waals surface area contributed by atoms with Crippen LogP contribution >= 0.6 is 11.3 Å². The molecule has 0 spiro atoms. The predicted octanol–water partition coefficient (Wildman–Crippen LogP) is 5.95. The number of nitrogens with zero attached hydrogens (tertiary/aromatic N) is 1. The maximum Gasteiger partial charge on any atom is 0.322 e. The Morgan fingerprint density at radius 3 is 2.53 bits per heavy atom. The van der Waals surface area contributed by atoms with Gasteiger partial charge in [0.05, 0.1) is 13.2 Å². The summed E-state index contributed by atoms with van der Waals surface area (Å²) in [5.41, 5.74) is 4.37. The van der Waals surface area contributed by atoms with E-state index in [1.807, 2.05) is 29.2 Å². The zero-order valence-corrected chi connectivity index (χ0v) is 18.2. The molecule has 0 fully saturated rings. The molecule has 1 N–H and O–H groups in total. The number of methoxy groups -OCH3 is 1. The lowest BCUT2D eigenvalue weighted by molar-refractivity contribution is 0.195. The van der Waals surface area contributed by atoms with E-state index in [9.17, 15) is 9.18 Å². The number of fused-ring (bicyclic) bond motifs is 1. The first kappa shape index (κ1) is 20.4. The zero-order valence-electron chi connectivity index (χ0n) is 17.4. The number of thiophene rings is 1. The van der Waals surface area contributed by atoms with Crippen molar-refractivity contribution >= 4 is 23.1 Å². The van der Waals surface area contributed by atoms with Crippen LogP contribution in [0.5, 0.6) is 5.75 Å². The molecule has 1 aliphatic rings. The number of anilines is 1. The number of carbonyl (C=O) groups excluding carboxylic acids is 1. The van der Waals surface area contributed by atoms with Crippen molar-refractivity contribution in [3.05, 3.63) is 80.8 Å². The fourth-order valence-corrected chi connectivity index (χ4v) is 5.62. The summed E-state index contributed by atoms with van der Waals surface area (Å²) in [5, 5.41) is 3.00. The van der Waals surface area contributed by atoms with Crippen molar-refractivity contribution < 1.29 is 13.9 Å². The number of ether oxygens (including phenoxy) is 1. The molecule has 2 heterocycles. The van der Waals surface area contributed by atoms with Gasteiger partial charge in [-0.05, 0) is 72.9 Å². The van der Waals surface area contributed by atoms with Crippen LogP contribution in [0.4, 0.5) is 14.9 Å². The van der Waals surface area contributed by atoms with Crippen LogP contribution in [-0.4, -0.2) is 24.6 Å². The summed E-state index contributed by atoms with van der Waals surface area (Å²) < 4.78 is 18.8. The Kier molecular flexibility index (Phi) is 5.77. The van der Waals surface area contributed by atoms with Crippen molar-refractivity contribution in [2.45, 2.75) is 32.7 Å². The zero-order chi connectivity index (χ0) is 21.3. The van der Waals surface area contributed by atoms with Gasteiger partial charge < -0.3 is 15.0 Å². The third-order valence-electron chi connectivity index (χ3n) is 5.65. The molecule has 0 saturated carbocycles. The van der Waals surface area contributed by atoms with Crippen molar-refractivity contribution in [1.29, 1.82) is 0 Å². The van der Waals surface area contributed by atoms with E-state index in [-0.39, 0.29) is 17.9 Å². The smallest absolute Gasteiger partial charge is 0.322 e. The van der Waals surface area contributed by atoms with Crippen LogP contribution in [0.3, 0.4) is 0 Å². The SMILES string of the molecule is CCc1c(C)sc2c1CCN(C(=O)Nc1ccc(OC)cc1)[C@H]2c1ccc(F)cc1. The number of nitrogens with one attached hydrogen (secondary N) is 1. The predicted molar refractivity (Wildman–Crippen MR) is 119 cm³/mol. The van der Waals surface area contributed by atoms with Crippen LogP contribution in [0, 0.1) is 12.7 Å². The quantitative estimate of drug-likeness (QED) is 0.563. The summed E-state index contributed by atoms with van der Waals surface area (Å²) in [7, 11) is 1.61. The van der Waals surface area contributed by atoms with Crippen molar-refractivity contribution in [3.8, 4) is 5.75 Å². The lowest BCUT2D eigenvalue weighted by Crippen LogP contribution is -2.42. The molecule has 2 aromatic carbocycles. The van der Waals surface area contributed by atoms with Crippen molar-refractivity contribution in [2.24, 2.45) is 0 Å². The first-order valence-corrected chi connectivity index (χ1v) is 10.9. The van der Waals surface area contributed by atoms with E-state index in [1.165, 1.54) is 33.0 Å². The lowest BCUT2D eigenvalue weighted by atomic mass is 9.92. The molecule has 30 heavy (non-hydrogen) atoms.